The Morgan fingerprint density at radius 3 is 2.27 bits per heavy atom. The van der Waals surface area contributed by atoms with E-state index in [9.17, 15) is 4.79 Å². The normalized spacial score (nSPS) is 12.3. The molecule has 0 saturated carbocycles. The highest BCUT2D eigenvalue weighted by atomic mass is 35.5. The maximum Gasteiger partial charge on any atom is 0.157 e. The average molecular weight is 552 g/mol. The number of halogens is 5. The van der Waals surface area contributed by atoms with Crippen LogP contribution in [0.4, 0.5) is 0 Å². The number of Topliss-reactive ketones (excluding diaryl/α,β-unsaturated/α-hetero) is 1. The third kappa shape index (κ3) is 7.84. The number of hydrogen-bond donors (Lipinski definition) is 0. The van der Waals surface area contributed by atoms with Gasteiger partial charge in [0.2, 0.25) is 0 Å². The second-order valence-electron chi connectivity index (χ2n) is 8.43. The summed E-state index contributed by atoms with van der Waals surface area (Å²) in [6.07, 6.45) is 1.30. The minimum absolute atomic E-state index is 0. The van der Waals surface area contributed by atoms with Crippen molar-refractivity contribution in [3.63, 3.8) is 0 Å². The van der Waals surface area contributed by atoms with Gasteiger partial charge in [0, 0.05) is 31.1 Å². The lowest BCUT2D eigenvalue weighted by molar-refractivity contribution is -0.125. The van der Waals surface area contributed by atoms with E-state index in [-0.39, 0.29) is 31.2 Å². The van der Waals surface area contributed by atoms with Crippen LogP contribution in [0.1, 0.15) is 43.8 Å². The first-order valence-electron chi connectivity index (χ1n) is 9.95. The predicted octanol–water partition coefficient (Wildman–Crippen LogP) is 7.43. The fourth-order valence-corrected chi connectivity index (χ4v) is 3.91. The molecule has 0 amide bonds. The van der Waals surface area contributed by atoms with Gasteiger partial charge in [-0.25, -0.2) is 9.67 Å². The maximum absolute atomic E-state index is 12.3. The molecule has 1 aromatic heterocycles. The van der Waals surface area contributed by atoms with E-state index in [0.29, 0.717) is 32.5 Å². The van der Waals surface area contributed by atoms with Crippen LogP contribution in [0, 0.1) is 5.41 Å². The molecular weight excluding hydrogens is 528 g/mol. The molecule has 0 aliphatic rings. The monoisotopic (exact) mass is 549 g/mol. The molecule has 0 radical (unpaired) electrons. The Kier molecular flexibility index (Phi) is 10.0. The lowest BCUT2D eigenvalue weighted by atomic mass is 9.89. The van der Waals surface area contributed by atoms with Gasteiger partial charge in [-0.05, 0) is 29.8 Å². The van der Waals surface area contributed by atoms with Gasteiger partial charge in [-0.15, -0.1) is 12.4 Å². The van der Waals surface area contributed by atoms with Gasteiger partial charge < -0.3 is 4.74 Å². The van der Waals surface area contributed by atoms with Crippen molar-refractivity contribution >= 4 is 64.6 Å². The molecule has 178 valence electrons. The Hall–Kier alpha value is -1.34. The first kappa shape index (κ1) is 27.9. The molecule has 0 aliphatic heterocycles. The van der Waals surface area contributed by atoms with E-state index < -0.39 is 11.5 Å². The molecule has 0 N–H and O–H groups in total. The molecular formula is C23H24Cl5N3O2. The zero-order valence-corrected chi connectivity index (χ0v) is 22.2. The van der Waals surface area contributed by atoms with E-state index in [1.165, 1.54) is 0 Å². The fourth-order valence-electron chi connectivity index (χ4n) is 2.91. The summed E-state index contributed by atoms with van der Waals surface area (Å²) in [4.78, 5) is 16.6. The Labute approximate surface area is 219 Å². The Bertz CT molecular complexity index is 1110. The van der Waals surface area contributed by atoms with Gasteiger partial charge in [0.05, 0.1) is 19.6 Å². The number of benzene rings is 2. The second-order valence-corrected chi connectivity index (χ2v) is 10.1. The molecule has 2 aromatic carbocycles. The van der Waals surface area contributed by atoms with Crippen LogP contribution in [0.3, 0.4) is 0 Å². The van der Waals surface area contributed by atoms with Crippen molar-refractivity contribution in [2.75, 3.05) is 0 Å². The molecule has 5 nitrogen and oxygen atoms in total. The summed E-state index contributed by atoms with van der Waals surface area (Å²) in [5.41, 5.74) is 1.09. The Balaban J connectivity index is 0.00000385. The van der Waals surface area contributed by atoms with Crippen LogP contribution >= 0.6 is 58.8 Å². The summed E-state index contributed by atoms with van der Waals surface area (Å²) in [5.74, 6) is 0.535. The molecule has 0 spiro atoms. The van der Waals surface area contributed by atoms with E-state index in [4.69, 9.17) is 51.1 Å². The molecule has 3 aromatic rings. The zero-order valence-electron chi connectivity index (χ0n) is 18.3. The standard InChI is InChI=1S/C23H23Cl4N3O2.ClH/c1-23(2,3)21(31)10-22-28-13-30(29-22)11-20(17-7-6-16(25)9-19(17)27)32-12-14-4-5-15(24)8-18(14)26;/h4-9,13,20H,10-12H2,1-3H3;1H. The van der Waals surface area contributed by atoms with Gasteiger partial charge in [-0.1, -0.05) is 79.3 Å². The van der Waals surface area contributed by atoms with Crippen LogP contribution in [0.2, 0.25) is 20.1 Å². The van der Waals surface area contributed by atoms with Crippen molar-refractivity contribution in [2.24, 2.45) is 5.41 Å². The maximum atomic E-state index is 12.3. The van der Waals surface area contributed by atoms with E-state index in [1.807, 2.05) is 32.9 Å². The minimum Gasteiger partial charge on any atom is -0.367 e. The summed E-state index contributed by atoms with van der Waals surface area (Å²) >= 11 is 24.8. The predicted molar refractivity (Wildman–Crippen MR) is 136 cm³/mol. The summed E-state index contributed by atoms with van der Waals surface area (Å²) in [7, 11) is 0. The smallest absolute Gasteiger partial charge is 0.157 e. The molecule has 0 aliphatic carbocycles. The topological polar surface area (TPSA) is 57.0 Å². The van der Waals surface area contributed by atoms with Gasteiger partial charge >= 0.3 is 0 Å². The molecule has 1 unspecified atom stereocenters. The van der Waals surface area contributed by atoms with Crippen molar-refractivity contribution in [1.82, 2.24) is 14.8 Å². The molecule has 1 atom stereocenters. The molecule has 0 saturated heterocycles. The third-order valence-corrected chi connectivity index (χ3v) is 6.01. The molecule has 0 bridgehead atoms. The molecule has 3 rings (SSSR count). The number of hydrogen-bond acceptors (Lipinski definition) is 4. The second kappa shape index (κ2) is 11.9. The van der Waals surface area contributed by atoms with Crippen LogP contribution in [0.15, 0.2) is 42.7 Å². The molecule has 33 heavy (non-hydrogen) atoms. The molecule has 10 heteroatoms. The number of ether oxygens (including phenoxy) is 1. The van der Waals surface area contributed by atoms with E-state index >= 15 is 0 Å². The largest absolute Gasteiger partial charge is 0.367 e. The summed E-state index contributed by atoms with van der Waals surface area (Å²) in [6, 6.07) is 10.5. The number of nitrogens with zero attached hydrogens (tertiary/aromatic N) is 3. The van der Waals surface area contributed by atoms with Crippen molar-refractivity contribution in [2.45, 2.75) is 46.4 Å². The minimum atomic E-state index is -0.459. The first-order chi connectivity index (χ1) is 15.0. The van der Waals surface area contributed by atoms with Crippen LogP contribution in [0.25, 0.3) is 0 Å². The van der Waals surface area contributed by atoms with Gasteiger partial charge in [-0.2, -0.15) is 5.10 Å². The van der Waals surface area contributed by atoms with Crippen molar-refractivity contribution in [3.05, 3.63) is 79.8 Å². The summed E-state index contributed by atoms with van der Waals surface area (Å²) in [6.45, 7) is 6.20. The van der Waals surface area contributed by atoms with Crippen LogP contribution in [0.5, 0.6) is 0 Å². The van der Waals surface area contributed by atoms with Gasteiger partial charge in [-0.3, -0.25) is 4.79 Å². The number of ketones is 1. The number of aromatic nitrogens is 3. The van der Waals surface area contributed by atoms with E-state index in [1.54, 1.807) is 35.3 Å². The number of rotatable bonds is 8. The Morgan fingerprint density at radius 1 is 1.03 bits per heavy atom. The van der Waals surface area contributed by atoms with Gasteiger partial charge in [0.15, 0.2) is 5.82 Å². The van der Waals surface area contributed by atoms with Crippen LogP contribution < -0.4 is 0 Å². The van der Waals surface area contributed by atoms with E-state index in [0.717, 1.165) is 11.1 Å². The van der Waals surface area contributed by atoms with Crippen molar-refractivity contribution in [1.29, 1.82) is 0 Å². The highest BCUT2D eigenvalue weighted by Crippen LogP contribution is 2.31. The van der Waals surface area contributed by atoms with E-state index in [2.05, 4.69) is 10.1 Å². The fraction of sp³-hybridized carbons (Fsp3) is 0.348. The Morgan fingerprint density at radius 2 is 1.67 bits per heavy atom. The van der Waals surface area contributed by atoms with Crippen LogP contribution in [-0.4, -0.2) is 20.5 Å². The average Bonchev–Trinajstić information content (AvgIpc) is 3.12. The van der Waals surface area contributed by atoms with Crippen molar-refractivity contribution < 1.29 is 9.53 Å². The summed E-state index contributed by atoms with van der Waals surface area (Å²) in [5, 5.41) is 6.53. The lowest BCUT2D eigenvalue weighted by Crippen LogP contribution is -2.22. The number of carbonyl (C=O) groups excluding carboxylic acids is 1. The van der Waals surface area contributed by atoms with Gasteiger partial charge in [0.25, 0.3) is 0 Å². The van der Waals surface area contributed by atoms with Crippen LogP contribution in [-0.2, 0) is 29.1 Å². The SMILES string of the molecule is CC(C)(C)C(=O)Cc1ncn(CC(OCc2ccc(Cl)cc2Cl)c2ccc(Cl)cc2Cl)n1.Cl. The zero-order chi connectivity index (χ0) is 23.5. The first-order valence-corrected chi connectivity index (χ1v) is 11.5. The lowest BCUT2D eigenvalue weighted by Gasteiger charge is -2.20. The highest BCUT2D eigenvalue weighted by Gasteiger charge is 2.23. The summed E-state index contributed by atoms with van der Waals surface area (Å²) < 4.78 is 7.84. The highest BCUT2D eigenvalue weighted by molar-refractivity contribution is 6.35. The quantitative estimate of drug-likeness (QED) is 0.292. The molecule has 0 fully saturated rings. The third-order valence-electron chi connectivity index (χ3n) is 4.86. The van der Waals surface area contributed by atoms with Gasteiger partial charge in [0.1, 0.15) is 18.2 Å². The number of carbonyl (C=O) groups is 1. The van der Waals surface area contributed by atoms with Crippen molar-refractivity contribution in [3.8, 4) is 0 Å². The molecule has 1 heterocycles.